The summed E-state index contributed by atoms with van der Waals surface area (Å²) in [5.74, 6) is 1.40. The number of ether oxygens (including phenoxy) is 1. The SMILES string of the molecule is Cc1ccc(CC(=O)Cc2ccc(Oc3cc(NCCN(C)C)ncn3)cc2)cc1C(F)(F)F. The zero-order valence-corrected chi connectivity index (χ0v) is 19.3. The number of nitrogens with one attached hydrogen (secondary N) is 1. The molecule has 0 saturated heterocycles. The third-order valence-electron chi connectivity index (χ3n) is 5.06. The highest BCUT2D eigenvalue weighted by Gasteiger charge is 2.32. The van der Waals surface area contributed by atoms with Crippen molar-refractivity contribution in [2.75, 3.05) is 32.5 Å². The topological polar surface area (TPSA) is 67.3 Å². The van der Waals surface area contributed by atoms with Crippen LogP contribution in [0.1, 0.15) is 22.3 Å². The van der Waals surface area contributed by atoms with Crippen LogP contribution in [0.2, 0.25) is 0 Å². The summed E-state index contributed by atoms with van der Waals surface area (Å²) in [5, 5.41) is 3.19. The lowest BCUT2D eigenvalue weighted by molar-refractivity contribution is -0.138. The molecule has 0 radical (unpaired) electrons. The molecule has 34 heavy (non-hydrogen) atoms. The summed E-state index contributed by atoms with van der Waals surface area (Å²) in [4.78, 5) is 22.8. The minimum absolute atomic E-state index is 0.0633. The molecule has 1 aromatic heterocycles. The Morgan fingerprint density at radius 3 is 2.35 bits per heavy atom. The van der Waals surface area contributed by atoms with Crippen LogP contribution in [0.15, 0.2) is 54.9 Å². The van der Waals surface area contributed by atoms with Crippen LogP contribution in [0.4, 0.5) is 19.0 Å². The van der Waals surface area contributed by atoms with Gasteiger partial charge in [-0.2, -0.15) is 13.2 Å². The van der Waals surface area contributed by atoms with Gasteiger partial charge in [0.15, 0.2) is 0 Å². The third-order valence-corrected chi connectivity index (χ3v) is 5.06. The largest absolute Gasteiger partial charge is 0.439 e. The van der Waals surface area contributed by atoms with Gasteiger partial charge in [-0.3, -0.25) is 4.79 Å². The van der Waals surface area contributed by atoms with Crippen LogP contribution in [0, 0.1) is 6.92 Å². The highest BCUT2D eigenvalue weighted by Crippen LogP contribution is 2.32. The lowest BCUT2D eigenvalue weighted by atomic mass is 9.99. The minimum atomic E-state index is -4.44. The smallest absolute Gasteiger partial charge is 0.416 e. The Morgan fingerprint density at radius 1 is 1.00 bits per heavy atom. The van der Waals surface area contributed by atoms with Gasteiger partial charge in [0.2, 0.25) is 5.88 Å². The van der Waals surface area contributed by atoms with Gasteiger partial charge in [0.1, 0.15) is 23.7 Å². The molecule has 0 fully saturated rings. The van der Waals surface area contributed by atoms with Crippen LogP contribution in [-0.2, 0) is 23.8 Å². The molecule has 180 valence electrons. The number of aryl methyl sites for hydroxylation is 1. The van der Waals surface area contributed by atoms with Gasteiger partial charge in [0, 0.05) is 32.0 Å². The first-order valence-corrected chi connectivity index (χ1v) is 10.8. The van der Waals surface area contributed by atoms with Crippen molar-refractivity contribution >= 4 is 11.6 Å². The number of anilines is 1. The van der Waals surface area contributed by atoms with E-state index in [1.165, 1.54) is 19.3 Å². The lowest BCUT2D eigenvalue weighted by Crippen LogP contribution is -2.21. The van der Waals surface area contributed by atoms with Crippen molar-refractivity contribution in [3.8, 4) is 11.6 Å². The van der Waals surface area contributed by atoms with E-state index in [2.05, 4.69) is 20.2 Å². The van der Waals surface area contributed by atoms with Crippen LogP contribution < -0.4 is 10.1 Å². The second-order valence-corrected chi connectivity index (χ2v) is 8.26. The van der Waals surface area contributed by atoms with Crippen molar-refractivity contribution in [1.82, 2.24) is 14.9 Å². The molecular weight excluding hydrogens is 445 g/mol. The molecule has 0 aliphatic carbocycles. The normalized spacial score (nSPS) is 11.5. The number of carbonyl (C=O) groups is 1. The van der Waals surface area contributed by atoms with Crippen LogP contribution in [0.5, 0.6) is 11.6 Å². The Labute approximate surface area is 196 Å². The van der Waals surface area contributed by atoms with E-state index in [1.54, 1.807) is 36.4 Å². The molecule has 0 atom stereocenters. The summed E-state index contributed by atoms with van der Waals surface area (Å²) >= 11 is 0. The van der Waals surface area contributed by atoms with Crippen molar-refractivity contribution in [3.63, 3.8) is 0 Å². The first-order chi connectivity index (χ1) is 16.1. The molecule has 9 heteroatoms. The Bertz CT molecular complexity index is 1120. The lowest BCUT2D eigenvalue weighted by Gasteiger charge is -2.12. The molecular formula is C25H27F3N4O2. The second-order valence-electron chi connectivity index (χ2n) is 8.26. The molecule has 0 spiro atoms. The number of Topliss-reactive ketones (excluding diaryl/α,β-unsaturated/α-hetero) is 1. The summed E-state index contributed by atoms with van der Waals surface area (Å²) < 4.78 is 45.1. The zero-order valence-electron chi connectivity index (χ0n) is 19.3. The Hall–Kier alpha value is -3.46. The summed E-state index contributed by atoms with van der Waals surface area (Å²) in [6, 6.07) is 12.6. The Morgan fingerprint density at radius 2 is 1.68 bits per heavy atom. The van der Waals surface area contributed by atoms with Crippen LogP contribution in [0.3, 0.4) is 0 Å². The first kappa shape index (κ1) is 25.2. The van der Waals surface area contributed by atoms with Gasteiger partial charge >= 0.3 is 6.18 Å². The van der Waals surface area contributed by atoms with Gasteiger partial charge in [-0.05, 0) is 55.9 Å². The number of hydrogen-bond acceptors (Lipinski definition) is 6. The van der Waals surface area contributed by atoms with E-state index in [1.807, 2.05) is 14.1 Å². The highest BCUT2D eigenvalue weighted by molar-refractivity contribution is 5.83. The van der Waals surface area contributed by atoms with Crippen molar-refractivity contribution in [2.24, 2.45) is 0 Å². The van der Waals surface area contributed by atoms with Crippen LogP contribution >= 0.6 is 0 Å². The number of nitrogens with zero attached hydrogens (tertiary/aromatic N) is 3. The van der Waals surface area contributed by atoms with E-state index >= 15 is 0 Å². The maximum absolute atomic E-state index is 13.1. The molecule has 0 unspecified atom stereocenters. The number of carbonyl (C=O) groups excluding carboxylic acids is 1. The Balaban J connectivity index is 1.56. The molecule has 0 aliphatic heterocycles. The third kappa shape index (κ3) is 7.55. The van der Waals surface area contributed by atoms with Gasteiger partial charge < -0.3 is 15.0 Å². The number of rotatable bonds is 10. The fraction of sp³-hybridized carbons (Fsp3) is 0.320. The summed E-state index contributed by atoms with van der Waals surface area (Å²) in [6.07, 6.45) is -2.98. The summed E-state index contributed by atoms with van der Waals surface area (Å²) in [5.41, 5.74) is 0.524. The number of alkyl halides is 3. The fourth-order valence-corrected chi connectivity index (χ4v) is 3.30. The van der Waals surface area contributed by atoms with Crippen molar-refractivity contribution in [3.05, 3.63) is 77.1 Å². The fourth-order valence-electron chi connectivity index (χ4n) is 3.30. The molecule has 0 saturated carbocycles. The number of aromatic nitrogens is 2. The monoisotopic (exact) mass is 472 g/mol. The van der Waals surface area contributed by atoms with E-state index in [0.717, 1.165) is 24.7 Å². The molecule has 0 amide bonds. The van der Waals surface area contributed by atoms with Crippen molar-refractivity contribution < 1.29 is 22.7 Å². The molecule has 2 aromatic carbocycles. The van der Waals surface area contributed by atoms with Gasteiger partial charge in [-0.25, -0.2) is 9.97 Å². The molecule has 6 nitrogen and oxygen atoms in total. The van der Waals surface area contributed by atoms with E-state index < -0.39 is 11.7 Å². The maximum Gasteiger partial charge on any atom is 0.416 e. The number of ketones is 1. The predicted molar refractivity (Wildman–Crippen MR) is 124 cm³/mol. The van der Waals surface area contributed by atoms with Crippen molar-refractivity contribution in [2.45, 2.75) is 25.9 Å². The van der Waals surface area contributed by atoms with Crippen molar-refractivity contribution in [1.29, 1.82) is 0 Å². The average molecular weight is 473 g/mol. The quantitative estimate of drug-likeness (QED) is 0.452. The first-order valence-electron chi connectivity index (χ1n) is 10.8. The van der Waals surface area contributed by atoms with E-state index in [-0.39, 0.29) is 24.2 Å². The highest BCUT2D eigenvalue weighted by atomic mass is 19.4. The maximum atomic E-state index is 13.1. The summed E-state index contributed by atoms with van der Waals surface area (Å²) in [7, 11) is 3.97. The number of likely N-dealkylation sites (N-methyl/N-ethyl adjacent to an activating group) is 1. The molecule has 1 N–H and O–H groups in total. The molecule has 0 bridgehead atoms. The van der Waals surface area contributed by atoms with E-state index in [4.69, 9.17) is 4.74 Å². The standard InChI is InChI=1S/C25H27F3N4O2/c1-17-4-5-19(14-22(17)25(26,27)28)13-20(33)12-18-6-8-21(9-7-18)34-24-15-23(30-16-31-24)29-10-11-32(2)3/h4-9,14-16H,10-13H2,1-3H3,(H,29,30,31). The molecule has 3 aromatic rings. The molecule has 1 heterocycles. The summed E-state index contributed by atoms with van der Waals surface area (Å²) in [6.45, 7) is 2.99. The van der Waals surface area contributed by atoms with E-state index in [9.17, 15) is 18.0 Å². The molecule has 3 rings (SSSR count). The minimum Gasteiger partial charge on any atom is -0.439 e. The number of halogens is 3. The average Bonchev–Trinajstić information content (AvgIpc) is 2.76. The second kappa shape index (κ2) is 11.1. The Kier molecular flexibility index (Phi) is 8.22. The zero-order chi connectivity index (χ0) is 24.7. The molecule has 0 aliphatic rings. The number of hydrogen-bond donors (Lipinski definition) is 1. The predicted octanol–water partition coefficient (Wildman–Crippen LogP) is 4.92. The number of benzene rings is 2. The van der Waals surface area contributed by atoms with Gasteiger partial charge in [-0.15, -0.1) is 0 Å². The van der Waals surface area contributed by atoms with Gasteiger partial charge in [-0.1, -0.05) is 24.3 Å². The van der Waals surface area contributed by atoms with Crippen LogP contribution in [-0.4, -0.2) is 47.8 Å². The van der Waals surface area contributed by atoms with Crippen LogP contribution in [0.25, 0.3) is 0 Å². The van der Waals surface area contributed by atoms with Gasteiger partial charge in [0.05, 0.1) is 5.56 Å². The van der Waals surface area contributed by atoms with Gasteiger partial charge in [0.25, 0.3) is 0 Å². The van der Waals surface area contributed by atoms with E-state index in [0.29, 0.717) is 23.0 Å².